The van der Waals surface area contributed by atoms with Crippen LogP contribution in [-0.4, -0.2) is 40.1 Å². The van der Waals surface area contributed by atoms with Crippen molar-refractivity contribution in [3.05, 3.63) is 90.5 Å². The number of ether oxygens (including phenoxy) is 2. The molecule has 1 amide bonds. The summed E-state index contributed by atoms with van der Waals surface area (Å²) in [6, 6.07) is 24.5. The van der Waals surface area contributed by atoms with Crippen molar-refractivity contribution in [3.63, 3.8) is 0 Å². The fraction of sp³-hybridized carbons (Fsp3) is 0.185. The Morgan fingerprint density at radius 2 is 1.73 bits per heavy atom. The second kappa shape index (κ2) is 12.6. The molecule has 0 atom stereocenters. The first-order chi connectivity index (χ1) is 18.1. The van der Waals surface area contributed by atoms with Crippen LogP contribution in [0.4, 0.5) is 10.1 Å². The number of nitriles is 1. The van der Waals surface area contributed by atoms with Gasteiger partial charge in [0.25, 0.3) is 0 Å². The number of halogens is 1. The first-order valence-corrected chi connectivity index (χ1v) is 12.4. The van der Waals surface area contributed by atoms with Gasteiger partial charge in [0.2, 0.25) is 5.91 Å². The van der Waals surface area contributed by atoms with Crippen LogP contribution in [0.15, 0.2) is 84.0 Å². The molecular formula is C27H24FN5O3S. The zero-order valence-corrected chi connectivity index (χ0v) is 20.9. The van der Waals surface area contributed by atoms with Crippen molar-refractivity contribution in [2.45, 2.75) is 18.2 Å². The topological polar surface area (TPSA) is 93.3 Å². The molecule has 0 bridgehead atoms. The number of anilines is 1. The lowest BCUT2D eigenvalue weighted by molar-refractivity contribution is -0.116. The fourth-order valence-electron chi connectivity index (χ4n) is 3.53. The maximum atomic E-state index is 13.4. The number of rotatable bonds is 11. The molecule has 1 aromatic heterocycles. The van der Waals surface area contributed by atoms with E-state index in [0.29, 0.717) is 22.4 Å². The predicted molar refractivity (Wildman–Crippen MR) is 138 cm³/mol. The molecular weight excluding hydrogens is 493 g/mol. The number of nitrogens with zero attached hydrogens (tertiary/aromatic N) is 5. The maximum Gasteiger partial charge on any atom is 0.237 e. The summed E-state index contributed by atoms with van der Waals surface area (Å²) in [5.74, 6) is 1.37. The van der Waals surface area contributed by atoms with Crippen LogP contribution in [0, 0.1) is 17.1 Å². The van der Waals surface area contributed by atoms with Gasteiger partial charge >= 0.3 is 0 Å². The maximum absolute atomic E-state index is 13.4. The molecule has 8 nitrogen and oxygen atoms in total. The highest BCUT2D eigenvalue weighted by molar-refractivity contribution is 7.99. The van der Waals surface area contributed by atoms with E-state index in [9.17, 15) is 9.18 Å². The smallest absolute Gasteiger partial charge is 0.237 e. The average molecular weight is 518 g/mol. The van der Waals surface area contributed by atoms with Crippen molar-refractivity contribution in [3.8, 4) is 23.3 Å². The molecule has 0 fully saturated rings. The molecule has 0 unspecified atom stereocenters. The number of benzene rings is 3. The fourth-order valence-corrected chi connectivity index (χ4v) is 4.38. The number of amides is 1. The molecule has 188 valence electrons. The van der Waals surface area contributed by atoms with E-state index in [-0.39, 0.29) is 31.2 Å². The van der Waals surface area contributed by atoms with Gasteiger partial charge in [-0.1, -0.05) is 30.0 Å². The highest BCUT2D eigenvalue weighted by Crippen LogP contribution is 2.25. The van der Waals surface area contributed by atoms with Crippen molar-refractivity contribution in [1.82, 2.24) is 14.8 Å². The Morgan fingerprint density at radius 3 is 2.41 bits per heavy atom. The van der Waals surface area contributed by atoms with Gasteiger partial charge in [0.05, 0.1) is 25.4 Å². The summed E-state index contributed by atoms with van der Waals surface area (Å²) in [5.41, 5.74) is 1.36. The van der Waals surface area contributed by atoms with Gasteiger partial charge in [-0.25, -0.2) is 4.39 Å². The Balaban J connectivity index is 1.52. The van der Waals surface area contributed by atoms with Crippen molar-refractivity contribution < 1.29 is 18.7 Å². The van der Waals surface area contributed by atoms with E-state index in [1.54, 1.807) is 7.11 Å². The first kappa shape index (κ1) is 25.7. The van der Waals surface area contributed by atoms with E-state index in [1.807, 2.05) is 59.2 Å². The monoisotopic (exact) mass is 517 g/mol. The van der Waals surface area contributed by atoms with E-state index in [0.717, 1.165) is 11.4 Å². The number of carbonyl (C=O) groups is 1. The molecule has 0 saturated heterocycles. The van der Waals surface area contributed by atoms with Crippen LogP contribution in [-0.2, 0) is 11.4 Å². The summed E-state index contributed by atoms with van der Waals surface area (Å²) in [4.78, 5) is 14.6. The van der Waals surface area contributed by atoms with Crippen molar-refractivity contribution in [2.75, 3.05) is 24.3 Å². The van der Waals surface area contributed by atoms with Crippen LogP contribution in [0.3, 0.4) is 0 Å². The van der Waals surface area contributed by atoms with Crippen LogP contribution >= 0.6 is 11.8 Å². The molecule has 0 saturated carbocycles. The predicted octanol–water partition coefficient (Wildman–Crippen LogP) is 5.03. The number of carbonyl (C=O) groups excluding carboxylic acids is 1. The molecule has 0 aliphatic carbocycles. The van der Waals surface area contributed by atoms with Crippen LogP contribution in [0.25, 0.3) is 5.69 Å². The second-order valence-electron chi connectivity index (χ2n) is 7.75. The summed E-state index contributed by atoms with van der Waals surface area (Å²) in [6.07, 6.45) is 0.154. The third-order valence-electron chi connectivity index (χ3n) is 5.35. The molecule has 0 aliphatic rings. The van der Waals surface area contributed by atoms with E-state index in [1.165, 1.54) is 40.9 Å². The van der Waals surface area contributed by atoms with Gasteiger partial charge in [0.15, 0.2) is 11.0 Å². The minimum atomic E-state index is -0.397. The van der Waals surface area contributed by atoms with E-state index >= 15 is 0 Å². The van der Waals surface area contributed by atoms with Crippen LogP contribution in [0.5, 0.6) is 11.5 Å². The van der Waals surface area contributed by atoms with E-state index < -0.39 is 5.82 Å². The third-order valence-corrected chi connectivity index (χ3v) is 6.27. The number of aromatic nitrogens is 3. The van der Waals surface area contributed by atoms with Gasteiger partial charge in [-0.2, -0.15) is 5.26 Å². The van der Waals surface area contributed by atoms with Crippen molar-refractivity contribution in [1.29, 1.82) is 5.26 Å². The largest absolute Gasteiger partial charge is 0.497 e. The molecule has 0 aliphatic heterocycles. The van der Waals surface area contributed by atoms with Gasteiger partial charge in [-0.05, 0) is 60.7 Å². The number of thioether (sulfide) groups is 1. The van der Waals surface area contributed by atoms with Gasteiger partial charge in [0.1, 0.15) is 23.9 Å². The number of methoxy groups -OCH3 is 1. The number of hydrogen-bond acceptors (Lipinski definition) is 7. The molecule has 10 heteroatoms. The lowest BCUT2D eigenvalue weighted by Gasteiger charge is -2.21. The second-order valence-corrected chi connectivity index (χ2v) is 8.70. The highest BCUT2D eigenvalue weighted by Gasteiger charge is 2.20. The summed E-state index contributed by atoms with van der Waals surface area (Å²) in [6.45, 7) is 0.362. The van der Waals surface area contributed by atoms with E-state index in [4.69, 9.17) is 14.7 Å². The Bertz CT molecular complexity index is 1360. The quantitative estimate of drug-likeness (QED) is 0.258. The van der Waals surface area contributed by atoms with E-state index in [2.05, 4.69) is 16.3 Å². The van der Waals surface area contributed by atoms with Crippen LogP contribution < -0.4 is 14.4 Å². The van der Waals surface area contributed by atoms with Crippen molar-refractivity contribution in [2.24, 2.45) is 0 Å². The minimum Gasteiger partial charge on any atom is -0.497 e. The zero-order valence-electron chi connectivity index (χ0n) is 20.1. The van der Waals surface area contributed by atoms with Crippen LogP contribution in [0.1, 0.15) is 12.2 Å². The molecule has 4 rings (SSSR count). The summed E-state index contributed by atoms with van der Waals surface area (Å²) in [7, 11) is 1.60. The SMILES string of the molecule is COc1ccc(OCc2nnc(SCC(=O)N(CCC#N)c3ccc(F)cc3)n2-c2ccccc2)cc1. The molecule has 0 radical (unpaired) electrons. The summed E-state index contributed by atoms with van der Waals surface area (Å²) < 4.78 is 26.3. The average Bonchev–Trinajstić information content (AvgIpc) is 3.35. The molecule has 37 heavy (non-hydrogen) atoms. The lowest BCUT2D eigenvalue weighted by Crippen LogP contribution is -2.33. The lowest BCUT2D eigenvalue weighted by atomic mass is 10.2. The molecule has 0 N–H and O–H groups in total. The van der Waals surface area contributed by atoms with Gasteiger partial charge in [-0.15, -0.1) is 10.2 Å². The first-order valence-electron chi connectivity index (χ1n) is 11.4. The summed E-state index contributed by atoms with van der Waals surface area (Å²) >= 11 is 1.23. The Hall–Kier alpha value is -4.36. The van der Waals surface area contributed by atoms with Crippen molar-refractivity contribution >= 4 is 23.4 Å². The Labute approximate surface area is 218 Å². The number of para-hydroxylation sites is 1. The normalized spacial score (nSPS) is 10.5. The minimum absolute atomic E-state index is 0.0487. The zero-order chi connectivity index (χ0) is 26.0. The summed E-state index contributed by atoms with van der Waals surface area (Å²) in [5, 5.41) is 18.2. The standard InChI is InChI=1S/C27H24FN5O3S/c1-35-23-12-14-24(15-13-23)36-18-25-30-31-27(33(25)22-6-3-2-4-7-22)37-19-26(34)32(17-5-16-29)21-10-8-20(28)9-11-21/h2-4,6-15H,5,17-19H2,1H3. The molecule has 3 aromatic carbocycles. The Kier molecular flexibility index (Phi) is 8.73. The molecule has 1 heterocycles. The molecule has 0 spiro atoms. The van der Waals surface area contributed by atoms with Crippen LogP contribution in [0.2, 0.25) is 0 Å². The Morgan fingerprint density at radius 1 is 1.03 bits per heavy atom. The van der Waals surface area contributed by atoms with Gasteiger partial charge in [-0.3, -0.25) is 9.36 Å². The number of hydrogen-bond donors (Lipinski definition) is 0. The third kappa shape index (κ3) is 6.65. The highest BCUT2D eigenvalue weighted by atomic mass is 32.2. The molecule has 4 aromatic rings. The van der Waals surface area contributed by atoms with Gasteiger partial charge < -0.3 is 14.4 Å². The van der Waals surface area contributed by atoms with Gasteiger partial charge in [0, 0.05) is 17.9 Å².